The summed E-state index contributed by atoms with van der Waals surface area (Å²) in [4.78, 5) is 4.16. The van der Waals surface area contributed by atoms with E-state index in [9.17, 15) is 0 Å². The minimum absolute atomic E-state index is 0.204. The van der Waals surface area contributed by atoms with Crippen molar-refractivity contribution in [3.8, 4) is 0 Å². The molecule has 2 aromatic heterocycles. The number of aromatic nitrogens is 2. The molecule has 21 heavy (non-hydrogen) atoms. The number of hydrogen-bond acceptors (Lipinski definition) is 2. The molecule has 1 unspecified atom stereocenters. The third kappa shape index (κ3) is 3.31. The van der Waals surface area contributed by atoms with Gasteiger partial charge in [0.05, 0.1) is 0 Å². The van der Waals surface area contributed by atoms with Crippen molar-refractivity contribution in [2.75, 3.05) is 0 Å². The number of nitrogens with two attached hydrogens (primary N) is 1. The Bertz CT molecular complexity index is 714. The van der Waals surface area contributed by atoms with Crippen molar-refractivity contribution in [1.82, 2.24) is 9.55 Å². The molecule has 2 heterocycles. The SMILES string of the molecule is CC(N)Cc1ccc2c(ccn2CCc2cccnc2)c1. The summed E-state index contributed by atoms with van der Waals surface area (Å²) in [5, 5.41) is 1.29. The maximum Gasteiger partial charge on any atom is 0.0480 e. The molecular formula is C18H21N3. The van der Waals surface area contributed by atoms with Gasteiger partial charge in [0.1, 0.15) is 0 Å². The van der Waals surface area contributed by atoms with Gasteiger partial charge in [-0.2, -0.15) is 0 Å². The lowest BCUT2D eigenvalue weighted by molar-refractivity contribution is 0.720. The quantitative estimate of drug-likeness (QED) is 0.779. The molecule has 0 fully saturated rings. The molecule has 0 aliphatic carbocycles. The summed E-state index contributed by atoms with van der Waals surface area (Å²) in [7, 11) is 0. The molecule has 108 valence electrons. The van der Waals surface area contributed by atoms with E-state index in [4.69, 9.17) is 5.73 Å². The lowest BCUT2D eigenvalue weighted by Crippen LogP contribution is -2.17. The molecule has 3 heteroatoms. The molecule has 0 saturated heterocycles. The molecule has 0 bridgehead atoms. The molecule has 3 aromatic rings. The first-order valence-electron chi connectivity index (χ1n) is 7.44. The van der Waals surface area contributed by atoms with Gasteiger partial charge in [0.15, 0.2) is 0 Å². The highest BCUT2D eigenvalue weighted by Crippen LogP contribution is 2.19. The van der Waals surface area contributed by atoms with Crippen molar-refractivity contribution in [2.24, 2.45) is 5.73 Å². The third-order valence-electron chi connectivity index (χ3n) is 3.76. The van der Waals surface area contributed by atoms with Gasteiger partial charge in [-0.1, -0.05) is 12.1 Å². The second kappa shape index (κ2) is 6.10. The minimum Gasteiger partial charge on any atom is -0.347 e. The van der Waals surface area contributed by atoms with Gasteiger partial charge in [-0.3, -0.25) is 4.98 Å². The second-order valence-corrected chi connectivity index (χ2v) is 5.69. The van der Waals surface area contributed by atoms with Gasteiger partial charge in [0.25, 0.3) is 0 Å². The van der Waals surface area contributed by atoms with Gasteiger partial charge in [0.2, 0.25) is 0 Å². The number of fused-ring (bicyclic) bond motifs is 1. The van der Waals surface area contributed by atoms with E-state index in [1.54, 1.807) is 0 Å². The van der Waals surface area contributed by atoms with Crippen LogP contribution in [0.4, 0.5) is 0 Å². The van der Waals surface area contributed by atoms with Crippen LogP contribution in [-0.4, -0.2) is 15.6 Å². The first kappa shape index (κ1) is 13.8. The van der Waals surface area contributed by atoms with E-state index in [1.807, 2.05) is 25.4 Å². The predicted octanol–water partition coefficient (Wildman–Crippen LogP) is 3.17. The Morgan fingerprint density at radius 1 is 1.19 bits per heavy atom. The van der Waals surface area contributed by atoms with E-state index in [-0.39, 0.29) is 6.04 Å². The molecule has 0 radical (unpaired) electrons. The molecule has 0 saturated carbocycles. The summed E-state index contributed by atoms with van der Waals surface area (Å²) >= 11 is 0. The molecule has 0 amide bonds. The molecule has 0 aliphatic heterocycles. The van der Waals surface area contributed by atoms with Crippen LogP contribution in [0.3, 0.4) is 0 Å². The summed E-state index contributed by atoms with van der Waals surface area (Å²) in [6.45, 7) is 3.02. The molecule has 3 rings (SSSR count). The zero-order valence-electron chi connectivity index (χ0n) is 12.4. The number of hydrogen-bond donors (Lipinski definition) is 1. The topological polar surface area (TPSA) is 43.8 Å². The summed E-state index contributed by atoms with van der Waals surface area (Å²) < 4.78 is 2.30. The molecular weight excluding hydrogens is 258 g/mol. The number of benzene rings is 1. The Morgan fingerprint density at radius 3 is 2.86 bits per heavy atom. The maximum atomic E-state index is 5.87. The third-order valence-corrected chi connectivity index (χ3v) is 3.76. The van der Waals surface area contributed by atoms with Crippen LogP contribution in [0.2, 0.25) is 0 Å². The van der Waals surface area contributed by atoms with E-state index in [1.165, 1.54) is 22.0 Å². The number of aryl methyl sites for hydroxylation is 2. The van der Waals surface area contributed by atoms with Crippen LogP contribution in [0, 0.1) is 0 Å². The first-order chi connectivity index (χ1) is 10.2. The standard InChI is InChI=1S/C18H21N3/c1-14(19)11-16-4-5-18-17(12-16)7-10-21(18)9-6-15-3-2-8-20-13-15/h2-5,7-8,10,12-14H,6,9,11,19H2,1H3. The van der Waals surface area contributed by atoms with Crippen LogP contribution in [0.1, 0.15) is 18.1 Å². The van der Waals surface area contributed by atoms with Crippen LogP contribution >= 0.6 is 0 Å². The van der Waals surface area contributed by atoms with Crippen LogP contribution in [-0.2, 0) is 19.4 Å². The van der Waals surface area contributed by atoms with Gasteiger partial charge in [-0.15, -0.1) is 0 Å². The maximum absolute atomic E-state index is 5.87. The van der Waals surface area contributed by atoms with Gasteiger partial charge in [-0.25, -0.2) is 0 Å². The highest BCUT2D eigenvalue weighted by Gasteiger charge is 2.04. The molecule has 0 aliphatic rings. The average Bonchev–Trinajstić information content (AvgIpc) is 2.88. The monoisotopic (exact) mass is 279 g/mol. The van der Waals surface area contributed by atoms with E-state index in [0.717, 1.165) is 19.4 Å². The molecule has 1 atom stereocenters. The summed E-state index contributed by atoms with van der Waals surface area (Å²) in [6, 6.07) is 13.1. The van der Waals surface area contributed by atoms with Crippen LogP contribution < -0.4 is 5.73 Å². The van der Waals surface area contributed by atoms with Crippen molar-refractivity contribution < 1.29 is 0 Å². The normalized spacial score (nSPS) is 12.7. The summed E-state index contributed by atoms with van der Waals surface area (Å²) in [6.07, 6.45) is 7.84. The highest BCUT2D eigenvalue weighted by atomic mass is 14.9. The first-order valence-corrected chi connectivity index (χ1v) is 7.44. The van der Waals surface area contributed by atoms with Crippen LogP contribution in [0.5, 0.6) is 0 Å². The lowest BCUT2D eigenvalue weighted by Gasteiger charge is -2.08. The van der Waals surface area contributed by atoms with Crippen molar-refractivity contribution >= 4 is 10.9 Å². The lowest BCUT2D eigenvalue weighted by atomic mass is 10.1. The van der Waals surface area contributed by atoms with Crippen LogP contribution in [0.15, 0.2) is 55.0 Å². The zero-order valence-corrected chi connectivity index (χ0v) is 12.4. The Kier molecular flexibility index (Phi) is 4.02. The molecule has 1 aromatic carbocycles. The Labute approximate surface area is 125 Å². The fraction of sp³-hybridized carbons (Fsp3) is 0.278. The summed E-state index contributed by atoms with van der Waals surface area (Å²) in [5.41, 5.74) is 9.74. The van der Waals surface area contributed by atoms with E-state index in [2.05, 4.69) is 46.1 Å². The smallest absolute Gasteiger partial charge is 0.0480 e. The second-order valence-electron chi connectivity index (χ2n) is 5.69. The van der Waals surface area contributed by atoms with Gasteiger partial charge < -0.3 is 10.3 Å². The highest BCUT2D eigenvalue weighted by molar-refractivity contribution is 5.80. The molecule has 3 nitrogen and oxygen atoms in total. The molecule has 0 spiro atoms. The van der Waals surface area contributed by atoms with Gasteiger partial charge >= 0.3 is 0 Å². The van der Waals surface area contributed by atoms with Crippen LogP contribution in [0.25, 0.3) is 10.9 Å². The van der Waals surface area contributed by atoms with E-state index >= 15 is 0 Å². The minimum atomic E-state index is 0.204. The van der Waals surface area contributed by atoms with E-state index < -0.39 is 0 Å². The van der Waals surface area contributed by atoms with Crippen molar-refractivity contribution in [1.29, 1.82) is 0 Å². The number of pyridine rings is 1. The van der Waals surface area contributed by atoms with Crippen molar-refractivity contribution in [2.45, 2.75) is 32.4 Å². The Balaban J connectivity index is 1.77. The Morgan fingerprint density at radius 2 is 2.10 bits per heavy atom. The van der Waals surface area contributed by atoms with Crippen molar-refractivity contribution in [3.63, 3.8) is 0 Å². The fourth-order valence-electron chi connectivity index (χ4n) is 2.74. The fourth-order valence-corrected chi connectivity index (χ4v) is 2.74. The Hall–Kier alpha value is -2.13. The van der Waals surface area contributed by atoms with Gasteiger partial charge in [0, 0.05) is 36.7 Å². The largest absolute Gasteiger partial charge is 0.347 e. The van der Waals surface area contributed by atoms with Crippen molar-refractivity contribution in [3.05, 3.63) is 66.1 Å². The predicted molar refractivity (Wildman–Crippen MR) is 87.2 cm³/mol. The average molecular weight is 279 g/mol. The van der Waals surface area contributed by atoms with Gasteiger partial charge in [-0.05, 0) is 60.5 Å². The zero-order chi connectivity index (χ0) is 14.7. The summed E-state index contributed by atoms with van der Waals surface area (Å²) in [5.74, 6) is 0. The van der Waals surface area contributed by atoms with E-state index in [0.29, 0.717) is 0 Å². The number of nitrogens with zero attached hydrogens (tertiary/aromatic N) is 2. The molecule has 2 N–H and O–H groups in total. The number of rotatable bonds is 5.